The Balaban J connectivity index is 2.33. The van der Waals surface area contributed by atoms with E-state index < -0.39 is 0 Å². The molecule has 1 aliphatic rings. The molecule has 1 aromatic heterocycles. The summed E-state index contributed by atoms with van der Waals surface area (Å²) >= 11 is 0. The first kappa shape index (κ1) is 14.3. The van der Waals surface area contributed by atoms with Crippen LogP contribution in [0.5, 0.6) is 0 Å². The van der Waals surface area contributed by atoms with Gasteiger partial charge in [0, 0.05) is 38.3 Å². The Bertz CT molecular complexity index is 442. The Morgan fingerprint density at radius 2 is 2.16 bits per heavy atom. The van der Waals surface area contributed by atoms with Crippen LogP contribution >= 0.6 is 0 Å². The van der Waals surface area contributed by atoms with Crippen molar-refractivity contribution in [2.75, 3.05) is 32.1 Å². The first-order chi connectivity index (χ1) is 8.93. The standard InChI is InChI=1S/C13H25N5O/c1-9-12(6-14)13(17(4)15-9)18-8-11(19)5-10(18)7-16(2)3/h10-11,19H,5-8,14H2,1-4H3. The van der Waals surface area contributed by atoms with Crippen molar-refractivity contribution in [1.82, 2.24) is 14.7 Å². The first-order valence-corrected chi connectivity index (χ1v) is 6.76. The van der Waals surface area contributed by atoms with Gasteiger partial charge in [-0.15, -0.1) is 0 Å². The predicted octanol–water partition coefficient (Wildman–Crippen LogP) is -0.312. The van der Waals surface area contributed by atoms with Crippen LogP contribution in [0, 0.1) is 6.92 Å². The van der Waals surface area contributed by atoms with Gasteiger partial charge in [0.15, 0.2) is 0 Å². The van der Waals surface area contributed by atoms with Crippen molar-refractivity contribution < 1.29 is 5.11 Å². The quantitative estimate of drug-likeness (QED) is 0.783. The molecule has 0 bridgehead atoms. The van der Waals surface area contributed by atoms with Crippen LogP contribution in [0.1, 0.15) is 17.7 Å². The number of aliphatic hydroxyl groups is 1. The molecule has 1 fully saturated rings. The number of hydrogen-bond acceptors (Lipinski definition) is 5. The summed E-state index contributed by atoms with van der Waals surface area (Å²) in [5.41, 5.74) is 7.92. The molecular weight excluding hydrogens is 242 g/mol. The number of hydrogen-bond donors (Lipinski definition) is 2. The Morgan fingerprint density at radius 3 is 2.74 bits per heavy atom. The Morgan fingerprint density at radius 1 is 1.47 bits per heavy atom. The third kappa shape index (κ3) is 2.75. The summed E-state index contributed by atoms with van der Waals surface area (Å²) in [4.78, 5) is 4.41. The van der Waals surface area contributed by atoms with E-state index in [4.69, 9.17) is 5.73 Å². The Labute approximate surface area is 114 Å². The molecule has 1 aliphatic heterocycles. The van der Waals surface area contributed by atoms with Gasteiger partial charge >= 0.3 is 0 Å². The molecule has 19 heavy (non-hydrogen) atoms. The zero-order valence-corrected chi connectivity index (χ0v) is 12.3. The summed E-state index contributed by atoms with van der Waals surface area (Å²) in [6, 6.07) is 0.310. The fourth-order valence-corrected chi connectivity index (χ4v) is 3.03. The van der Waals surface area contributed by atoms with Crippen molar-refractivity contribution in [2.45, 2.75) is 32.0 Å². The van der Waals surface area contributed by atoms with E-state index in [1.807, 2.05) is 18.7 Å². The van der Waals surface area contributed by atoms with Crippen LogP contribution in [0.4, 0.5) is 5.82 Å². The van der Waals surface area contributed by atoms with Gasteiger partial charge in [-0.05, 0) is 27.4 Å². The third-order valence-corrected chi connectivity index (χ3v) is 3.76. The minimum atomic E-state index is -0.272. The van der Waals surface area contributed by atoms with Crippen LogP contribution < -0.4 is 10.6 Å². The second kappa shape index (κ2) is 5.48. The number of likely N-dealkylation sites (N-methyl/N-ethyl adjacent to an activating group) is 1. The molecule has 0 radical (unpaired) electrons. The molecule has 2 heterocycles. The Kier molecular flexibility index (Phi) is 4.13. The molecule has 1 aromatic rings. The number of aromatic nitrogens is 2. The zero-order chi connectivity index (χ0) is 14.2. The smallest absolute Gasteiger partial charge is 0.131 e. The number of rotatable bonds is 4. The average Bonchev–Trinajstić information content (AvgIpc) is 2.77. The van der Waals surface area contributed by atoms with Gasteiger partial charge in [0.05, 0.1) is 11.8 Å². The van der Waals surface area contributed by atoms with E-state index in [0.29, 0.717) is 19.1 Å². The number of aryl methyl sites for hydroxylation is 2. The highest BCUT2D eigenvalue weighted by Crippen LogP contribution is 2.30. The van der Waals surface area contributed by atoms with E-state index in [1.165, 1.54) is 0 Å². The lowest BCUT2D eigenvalue weighted by Gasteiger charge is -2.29. The van der Waals surface area contributed by atoms with Crippen molar-refractivity contribution in [1.29, 1.82) is 0 Å². The number of aliphatic hydroxyl groups excluding tert-OH is 1. The molecule has 0 amide bonds. The molecule has 0 aliphatic carbocycles. The van der Waals surface area contributed by atoms with E-state index in [0.717, 1.165) is 30.0 Å². The summed E-state index contributed by atoms with van der Waals surface area (Å²) < 4.78 is 1.89. The largest absolute Gasteiger partial charge is 0.391 e. The van der Waals surface area contributed by atoms with Gasteiger partial charge in [0.25, 0.3) is 0 Å². The molecule has 3 N–H and O–H groups in total. The van der Waals surface area contributed by atoms with Crippen molar-refractivity contribution in [3.63, 3.8) is 0 Å². The predicted molar refractivity (Wildman–Crippen MR) is 76.1 cm³/mol. The van der Waals surface area contributed by atoms with Gasteiger partial charge in [-0.25, -0.2) is 0 Å². The maximum absolute atomic E-state index is 9.98. The molecule has 0 spiro atoms. The number of β-amino-alcohol motifs (C(OH)–C–C–N with tert-alkyl or cyclic N) is 1. The molecule has 2 unspecified atom stereocenters. The van der Waals surface area contributed by atoms with Crippen LogP contribution in [0.2, 0.25) is 0 Å². The lowest BCUT2D eigenvalue weighted by Crippen LogP contribution is -2.39. The molecule has 0 saturated carbocycles. The fraction of sp³-hybridized carbons (Fsp3) is 0.769. The van der Waals surface area contributed by atoms with E-state index >= 15 is 0 Å². The molecule has 1 saturated heterocycles. The summed E-state index contributed by atoms with van der Waals surface area (Å²) in [5.74, 6) is 1.06. The van der Waals surface area contributed by atoms with Gasteiger partial charge in [-0.3, -0.25) is 4.68 Å². The molecular formula is C13H25N5O. The van der Waals surface area contributed by atoms with Crippen molar-refractivity contribution in [3.8, 4) is 0 Å². The minimum Gasteiger partial charge on any atom is -0.391 e. The van der Waals surface area contributed by atoms with Gasteiger partial charge in [0.2, 0.25) is 0 Å². The van der Waals surface area contributed by atoms with Crippen LogP contribution in [-0.4, -0.2) is 59.1 Å². The lowest BCUT2D eigenvalue weighted by atomic mass is 10.1. The highest BCUT2D eigenvalue weighted by Gasteiger charge is 2.34. The van der Waals surface area contributed by atoms with Gasteiger partial charge in [-0.2, -0.15) is 5.10 Å². The van der Waals surface area contributed by atoms with Gasteiger partial charge in [-0.1, -0.05) is 0 Å². The molecule has 2 rings (SSSR count). The summed E-state index contributed by atoms with van der Waals surface area (Å²) in [6.07, 6.45) is 0.526. The van der Waals surface area contributed by atoms with Crippen LogP contribution in [-0.2, 0) is 13.6 Å². The zero-order valence-electron chi connectivity index (χ0n) is 12.3. The second-order valence-electron chi connectivity index (χ2n) is 5.67. The third-order valence-electron chi connectivity index (χ3n) is 3.76. The highest BCUT2D eigenvalue weighted by molar-refractivity contribution is 5.52. The van der Waals surface area contributed by atoms with Gasteiger partial charge in [0.1, 0.15) is 5.82 Å². The minimum absolute atomic E-state index is 0.272. The fourth-order valence-electron chi connectivity index (χ4n) is 3.03. The van der Waals surface area contributed by atoms with E-state index in [2.05, 4.69) is 29.0 Å². The van der Waals surface area contributed by atoms with Crippen LogP contribution in [0.3, 0.4) is 0 Å². The summed E-state index contributed by atoms with van der Waals surface area (Å²) in [7, 11) is 6.06. The first-order valence-electron chi connectivity index (χ1n) is 6.76. The van der Waals surface area contributed by atoms with Gasteiger partial charge < -0.3 is 20.6 Å². The maximum Gasteiger partial charge on any atom is 0.131 e. The normalized spacial score (nSPS) is 23.6. The molecule has 6 nitrogen and oxygen atoms in total. The van der Waals surface area contributed by atoms with Crippen molar-refractivity contribution in [2.24, 2.45) is 12.8 Å². The summed E-state index contributed by atoms with van der Waals surface area (Å²) in [6.45, 7) is 4.05. The van der Waals surface area contributed by atoms with Crippen molar-refractivity contribution in [3.05, 3.63) is 11.3 Å². The van der Waals surface area contributed by atoms with Crippen molar-refractivity contribution >= 4 is 5.82 Å². The molecule has 0 aromatic carbocycles. The average molecular weight is 267 g/mol. The van der Waals surface area contributed by atoms with E-state index in [-0.39, 0.29) is 6.10 Å². The molecule has 2 atom stereocenters. The number of nitrogens with two attached hydrogens (primary N) is 1. The Hall–Kier alpha value is -1.11. The highest BCUT2D eigenvalue weighted by atomic mass is 16.3. The SMILES string of the molecule is Cc1nn(C)c(N2CC(O)CC2CN(C)C)c1CN. The molecule has 6 heteroatoms. The number of anilines is 1. The monoisotopic (exact) mass is 267 g/mol. The topological polar surface area (TPSA) is 70.6 Å². The van der Waals surface area contributed by atoms with Crippen LogP contribution in [0.15, 0.2) is 0 Å². The van der Waals surface area contributed by atoms with E-state index in [1.54, 1.807) is 0 Å². The lowest BCUT2D eigenvalue weighted by molar-refractivity contribution is 0.191. The van der Waals surface area contributed by atoms with E-state index in [9.17, 15) is 5.11 Å². The molecule has 108 valence electrons. The maximum atomic E-state index is 9.98. The second-order valence-corrected chi connectivity index (χ2v) is 5.67. The van der Waals surface area contributed by atoms with Crippen LogP contribution in [0.25, 0.3) is 0 Å². The summed E-state index contributed by atoms with van der Waals surface area (Å²) in [5, 5.41) is 14.4. The number of nitrogens with zero attached hydrogens (tertiary/aromatic N) is 4.